The summed E-state index contributed by atoms with van der Waals surface area (Å²) in [5, 5.41) is 10.9. The van der Waals surface area contributed by atoms with Crippen LogP contribution in [0.5, 0.6) is 11.5 Å². The van der Waals surface area contributed by atoms with E-state index in [1.54, 1.807) is 14.2 Å². The fourth-order valence-corrected chi connectivity index (χ4v) is 3.52. The molecule has 1 fully saturated rings. The lowest BCUT2D eigenvalue weighted by Crippen LogP contribution is -2.48. The van der Waals surface area contributed by atoms with Crippen molar-refractivity contribution in [3.63, 3.8) is 0 Å². The van der Waals surface area contributed by atoms with E-state index >= 15 is 0 Å². The van der Waals surface area contributed by atoms with Gasteiger partial charge in [0.1, 0.15) is 18.0 Å². The number of aryl methyl sites for hydroxylation is 1. The fraction of sp³-hybridized carbons (Fsp3) is 0.545. The van der Waals surface area contributed by atoms with Gasteiger partial charge in [0.15, 0.2) is 11.7 Å². The Balaban J connectivity index is 0.00000341. The Bertz CT molecular complexity index is 812. The molecular weight excluding hydrogens is 509 g/mol. The van der Waals surface area contributed by atoms with Crippen LogP contribution >= 0.6 is 24.0 Å². The molecule has 0 radical (unpaired) electrons. The first-order chi connectivity index (χ1) is 14.6. The van der Waals surface area contributed by atoms with Crippen LogP contribution in [-0.2, 0) is 13.0 Å². The first-order valence-electron chi connectivity index (χ1n) is 10.6. The van der Waals surface area contributed by atoms with Crippen LogP contribution in [0.4, 0.5) is 5.69 Å². The number of piperidine rings is 1. The lowest BCUT2D eigenvalue weighted by Gasteiger charge is -2.34. The zero-order chi connectivity index (χ0) is 21.3. The minimum Gasteiger partial charge on any atom is -0.497 e. The van der Waals surface area contributed by atoms with Crippen molar-refractivity contribution in [1.29, 1.82) is 0 Å². The molecule has 1 aliphatic rings. The predicted octanol–water partition coefficient (Wildman–Crippen LogP) is 3.60. The van der Waals surface area contributed by atoms with Crippen LogP contribution in [0.15, 0.2) is 33.8 Å². The second kappa shape index (κ2) is 12.6. The normalized spacial score (nSPS) is 14.7. The van der Waals surface area contributed by atoms with Gasteiger partial charge in [0.2, 0.25) is 0 Å². The van der Waals surface area contributed by atoms with Crippen LogP contribution in [0.3, 0.4) is 0 Å². The highest BCUT2D eigenvalue weighted by Gasteiger charge is 2.21. The lowest BCUT2D eigenvalue weighted by molar-refractivity contribution is 0.379. The van der Waals surface area contributed by atoms with Crippen molar-refractivity contribution in [3.8, 4) is 11.5 Å². The van der Waals surface area contributed by atoms with Crippen LogP contribution in [0.25, 0.3) is 0 Å². The van der Waals surface area contributed by atoms with Gasteiger partial charge in [-0.2, -0.15) is 0 Å². The maximum Gasteiger partial charge on any atom is 0.191 e. The second-order valence-electron chi connectivity index (χ2n) is 7.31. The van der Waals surface area contributed by atoms with Crippen LogP contribution in [0.2, 0.25) is 0 Å². The van der Waals surface area contributed by atoms with Crippen LogP contribution < -0.4 is 25.0 Å². The number of nitrogens with one attached hydrogen (secondary N) is 2. The monoisotopic (exact) mass is 543 g/mol. The average Bonchev–Trinajstić information content (AvgIpc) is 3.26. The van der Waals surface area contributed by atoms with Gasteiger partial charge in [0.25, 0.3) is 0 Å². The first kappa shape index (κ1) is 25.1. The molecule has 1 saturated heterocycles. The van der Waals surface area contributed by atoms with Crippen LogP contribution in [0.1, 0.15) is 38.1 Å². The summed E-state index contributed by atoms with van der Waals surface area (Å²) in [6, 6.07) is 8.35. The number of aliphatic imine (C=N–C) groups is 1. The smallest absolute Gasteiger partial charge is 0.191 e. The van der Waals surface area contributed by atoms with Gasteiger partial charge in [0.05, 0.1) is 19.9 Å². The molecule has 0 bridgehead atoms. The number of hydrogen-bond donors (Lipinski definition) is 2. The van der Waals surface area contributed by atoms with E-state index in [0.29, 0.717) is 12.6 Å². The molecule has 8 nitrogen and oxygen atoms in total. The molecule has 2 N–H and O–H groups in total. The largest absolute Gasteiger partial charge is 0.497 e. The summed E-state index contributed by atoms with van der Waals surface area (Å²) >= 11 is 0. The fourth-order valence-electron chi connectivity index (χ4n) is 3.52. The number of methoxy groups -OCH3 is 2. The van der Waals surface area contributed by atoms with Gasteiger partial charge in [-0.3, -0.25) is 0 Å². The third-order valence-electron chi connectivity index (χ3n) is 5.24. The molecule has 0 spiro atoms. The summed E-state index contributed by atoms with van der Waals surface area (Å²) in [6.07, 6.45) is 2.90. The van der Waals surface area contributed by atoms with Gasteiger partial charge in [-0.15, -0.1) is 24.0 Å². The van der Waals surface area contributed by atoms with E-state index in [1.165, 1.54) is 0 Å². The van der Waals surface area contributed by atoms with Crippen LogP contribution in [-0.4, -0.2) is 51.0 Å². The molecule has 1 aromatic heterocycles. The number of ether oxygens (including phenoxy) is 2. The third-order valence-corrected chi connectivity index (χ3v) is 5.24. The molecule has 0 unspecified atom stereocenters. The van der Waals surface area contributed by atoms with E-state index in [-0.39, 0.29) is 24.0 Å². The summed E-state index contributed by atoms with van der Waals surface area (Å²) in [5.74, 6) is 3.22. The Morgan fingerprint density at radius 1 is 1.13 bits per heavy atom. The molecule has 2 aromatic rings. The van der Waals surface area contributed by atoms with Crippen LogP contribution in [0, 0.1) is 0 Å². The van der Waals surface area contributed by atoms with Gasteiger partial charge >= 0.3 is 0 Å². The van der Waals surface area contributed by atoms with Crippen molar-refractivity contribution in [1.82, 2.24) is 15.8 Å². The predicted molar refractivity (Wildman–Crippen MR) is 134 cm³/mol. The van der Waals surface area contributed by atoms with Crippen molar-refractivity contribution in [2.45, 2.75) is 45.7 Å². The molecule has 9 heteroatoms. The topological polar surface area (TPSA) is 84.2 Å². The molecule has 0 amide bonds. The van der Waals surface area contributed by atoms with E-state index < -0.39 is 0 Å². The molecule has 0 atom stereocenters. The summed E-state index contributed by atoms with van der Waals surface area (Å²) in [7, 11) is 3.36. The quantitative estimate of drug-likeness (QED) is 0.299. The minimum atomic E-state index is 0. The van der Waals surface area contributed by atoms with E-state index in [0.717, 1.165) is 73.5 Å². The van der Waals surface area contributed by atoms with E-state index in [9.17, 15) is 0 Å². The third kappa shape index (κ3) is 7.19. The SMILES string of the molecule is CCNC(=NCc1cc(CC)no1)NC1CCN(c2cc(OC)cc(OC)c2)CC1.I. The Hall–Kier alpha value is -2.17. The number of halogens is 1. The Labute approximate surface area is 201 Å². The Kier molecular flexibility index (Phi) is 10.2. The molecule has 31 heavy (non-hydrogen) atoms. The summed E-state index contributed by atoms with van der Waals surface area (Å²) in [5.41, 5.74) is 2.09. The lowest BCUT2D eigenvalue weighted by atomic mass is 10.0. The average molecular weight is 543 g/mol. The van der Waals surface area contributed by atoms with E-state index in [1.807, 2.05) is 12.1 Å². The highest BCUT2D eigenvalue weighted by molar-refractivity contribution is 14.0. The molecule has 172 valence electrons. The number of nitrogens with zero attached hydrogens (tertiary/aromatic N) is 3. The molecule has 3 rings (SSSR count). The zero-order valence-electron chi connectivity index (χ0n) is 18.8. The van der Waals surface area contributed by atoms with Gasteiger partial charge in [-0.05, 0) is 26.2 Å². The summed E-state index contributed by atoms with van der Waals surface area (Å²) in [4.78, 5) is 7.03. The van der Waals surface area contributed by atoms with Gasteiger partial charge in [-0.25, -0.2) is 4.99 Å². The molecule has 1 aromatic carbocycles. The molecule has 2 heterocycles. The molecule has 0 aliphatic carbocycles. The van der Waals surface area contributed by atoms with Gasteiger partial charge in [-0.1, -0.05) is 12.1 Å². The maximum absolute atomic E-state index is 5.41. The number of guanidine groups is 1. The zero-order valence-corrected chi connectivity index (χ0v) is 21.1. The number of hydrogen-bond acceptors (Lipinski definition) is 6. The summed E-state index contributed by atoms with van der Waals surface area (Å²) in [6.45, 7) is 7.32. The summed E-state index contributed by atoms with van der Waals surface area (Å²) < 4.78 is 16.1. The highest BCUT2D eigenvalue weighted by atomic mass is 127. The molecular formula is C22H34IN5O3. The standard InChI is InChI=1S/C22H33N5O3.HI/c1-5-16-11-21(30-26-16)15-24-22(23-6-2)25-17-7-9-27(10-8-17)18-12-19(28-3)14-20(13-18)29-4;/h11-14,17H,5-10,15H2,1-4H3,(H2,23,24,25);1H. The van der Waals surface area contributed by atoms with Crippen molar-refractivity contribution >= 4 is 35.6 Å². The van der Waals surface area contributed by atoms with Crippen molar-refractivity contribution in [2.75, 3.05) is 38.8 Å². The number of anilines is 1. The second-order valence-corrected chi connectivity index (χ2v) is 7.31. The van der Waals surface area contributed by atoms with Gasteiger partial charge in [0, 0.05) is 55.6 Å². The first-order valence-corrected chi connectivity index (χ1v) is 10.6. The maximum atomic E-state index is 5.41. The minimum absolute atomic E-state index is 0. The highest BCUT2D eigenvalue weighted by Crippen LogP contribution is 2.30. The molecule has 0 saturated carbocycles. The Morgan fingerprint density at radius 3 is 2.35 bits per heavy atom. The van der Waals surface area contributed by atoms with Crippen molar-refractivity contribution in [2.24, 2.45) is 4.99 Å². The number of rotatable bonds is 8. The number of aromatic nitrogens is 1. The van der Waals surface area contributed by atoms with E-state index in [2.05, 4.69) is 51.7 Å². The van der Waals surface area contributed by atoms with E-state index in [4.69, 9.17) is 14.0 Å². The van der Waals surface area contributed by atoms with Crippen molar-refractivity contribution < 1.29 is 14.0 Å². The number of benzene rings is 1. The molecule has 1 aliphatic heterocycles. The van der Waals surface area contributed by atoms with Crippen molar-refractivity contribution in [3.05, 3.63) is 35.7 Å². The Morgan fingerprint density at radius 2 is 1.81 bits per heavy atom. The van der Waals surface area contributed by atoms with Gasteiger partial charge < -0.3 is 29.5 Å².